The predicted octanol–water partition coefficient (Wildman–Crippen LogP) is 0.842. The summed E-state index contributed by atoms with van der Waals surface area (Å²) in [5.41, 5.74) is 0. The number of hydrogen-bond donors (Lipinski definition) is 1. The van der Waals surface area contributed by atoms with Gasteiger partial charge in [0.25, 0.3) is 0 Å². The average molecular weight is 258 g/mol. The van der Waals surface area contributed by atoms with Crippen LogP contribution in [0.4, 0.5) is 0 Å². The van der Waals surface area contributed by atoms with E-state index in [9.17, 15) is 4.79 Å². The summed E-state index contributed by atoms with van der Waals surface area (Å²) in [4.78, 5) is 14.0. The van der Waals surface area contributed by atoms with Crippen LogP contribution < -0.4 is 5.32 Å². The molecule has 0 spiro atoms. The van der Waals surface area contributed by atoms with Gasteiger partial charge in [-0.05, 0) is 19.3 Å². The minimum absolute atomic E-state index is 0.0330. The second-order valence-corrected chi connectivity index (χ2v) is 5.05. The number of carbonyl (C=O) groups excluding carboxylic acids is 1. The van der Waals surface area contributed by atoms with E-state index in [-0.39, 0.29) is 18.1 Å². The number of nitrogens with zero attached hydrogens (tertiary/aromatic N) is 1. The molecule has 0 bridgehead atoms. The first-order valence-corrected chi connectivity index (χ1v) is 6.71. The van der Waals surface area contributed by atoms with E-state index in [1.807, 2.05) is 11.8 Å². The Morgan fingerprint density at radius 3 is 2.61 bits per heavy atom. The standard InChI is InChI=1S/C13H26N2O3/c1-10(2)12-13(16)15(11(3)14-12)6-5-7-18-9-8-17-4/h10-12,14H,5-9H2,1-4H3. The van der Waals surface area contributed by atoms with E-state index in [0.717, 1.165) is 13.0 Å². The lowest BCUT2D eigenvalue weighted by Gasteiger charge is -2.20. The molecular formula is C13H26N2O3. The van der Waals surface area contributed by atoms with Crippen molar-refractivity contribution in [2.75, 3.05) is 33.5 Å². The molecule has 0 aromatic carbocycles. The molecule has 1 aliphatic heterocycles. The average Bonchev–Trinajstić information content (AvgIpc) is 2.60. The summed E-state index contributed by atoms with van der Waals surface area (Å²) in [5, 5.41) is 3.33. The molecule has 2 atom stereocenters. The molecule has 1 amide bonds. The Hall–Kier alpha value is -0.650. The molecule has 0 aliphatic carbocycles. The fraction of sp³-hybridized carbons (Fsp3) is 0.923. The molecule has 1 rings (SSSR count). The van der Waals surface area contributed by atoms with Gasteiger partial charge in [0.2, 0.25) is 5.91 Å². The van der Waals surface area contributed by atoms with E-state index in [2.05, 4.69) is 19.2 Å². The van der Waals surface area contributed by atoms with Gasteiger partial charge >= 0.3 is 0 Å². The number of ether oxygens (including phenoxy) is 2. The molecule has 1 saturated heterocycles. The first kappa shape index (κ1) is 15.4. The molecule has 0 aromatic rings. The summed E-state index contributed by atoms with van der Waals surface area (Å²) in [7, 11) is 1.66. The number of nitrogens with one attached hydrogen (secondary N) is 1. The molecule has 0 radical (unpaired) electrons. The van der Waals surface area contributed by atoms with Gasteiger partial charge < -0.3 is 14.4 Å². The molecule has 5 heteroatoms. The van der Waals surface area contributed by atoms with E-state index >= 15 is 0 Å². The number of rotatable bonds is 8. The van der Waals surface area contributed by atoms with E-state index in [1.54, 1.807) is 7.11 Å². The van der Waals surface area contributed by atoms with Crippen molar-refractivity contribution < 1.29 is 14.3 Å². The monoisotopic (exact) mass is 258 g/mol. The van der Waals surface area contributed by atoms with Crippen molar-refractivity contribution in [1.82, 2.24) is 10.2 Å². The van der Waals surface area contributed by atoms with Gasteiger partial charge in [0.15, 0.2) is 0 Å². The Bertz CT molecular complexity index is 259. The Kier molecular flexibility index (Phi) is 6.60. The van der Waals surface area contributed by atoms with Gasteiger partial charge in [0.1, 0.15) is 0 Å². The fourth-order valence-electron chi connectivity index (χ4n) is 2.15. The summed E-state index contributed by atoms with van der Waals surface area (Å²) < 4.78 is 10.3. The molecular weight excluding hydrogens is 232 g/mol. The summed E-state index contributed by atoms with van der Waals surface area (Å²) in [5.74, 6) is 0.553. The number of amides is 1. The highest BCUT2D eigenvalue weighted by atomic mass is 16.5. The molecule has 18 heavy (non-hydrogen) atoms. The third-order valence-electron chi connectivity index (χ3n) is 3.22. The largest absolute Gasteiger partial charge is 0.382 e. The smallest absolute Gasteiger partial charge is 0.241 e. The van der Waals surface area contributed by atoms with Gasteiger partial charge in [-0.15, -0.1) is 0 Å². The van der Waals surface area contributed by atoms with Crippen LogP contribution in [0, 0.1) is 5.92 Å². The van der Waals surface area contributed by atoms with E-state index < -0.39 is 0 Å². The molecule has 2 unspecified atom stereocenters. The van der Waals surface area contributed by atoms with E-state index in [4.69, 9.17) is 9.47 Å². The van der Waals surface area contributed by atoms with Gasteiger partial charge in [-0.25, -0.2) is 0 Å². The molecule has 5 nitrogen and oxygen atoms in total. The second kappa shape index (κ2) is 7.71. The summed E-state index contributed by atoms with van der Waals surface area (Å²) in [6.45, 7) is 8.84. The van der Waals surface area contributed by atoms with Crippen molar-refractivity contribution in [3.8, 4) is 0 Å². The Morgan fingerprint density at radius 1 is 1.33 bits per heavy atom. The summed E-state index contributed by atoms with van der Waals surface area (Å²) in [6.07, 6.45) is 0.996. The maximum Gasteiger partial charge on any atom is 0.241 e. The lowest BCUT2D eigenvalue weighted by molar-refractivity contribution is -0.130. The van der Waals surface area contributed by atoms with Crippen molar-refractivity contribution in [2.24, 2.45) is 5.92 Å². The van der Waals surface area contributed by atoms with Gasteiger partial charge in [0.05, 0.1) is 25.4 Å². The predicted molar refractivity (Wildman–Crippen MR) is 70.2 cm³/mol. The zero-order valence-corrected chi connectivity index (χ0v) is 11.9. The molecule has 1 N–H and O–H groups in total. The lowest BCUT2D eigenvalue weighted by Crippen LogP contribution is -2.35. The van der Waals surface area contributed by atoms with Gasteiger partial charge in [-0.1, -0.05) is 13.8 Å². The van der Waals surface area contributed by atoms with Crippen LogP contribution in [0.3, 0.4) is 0 Å². The third kappa shape index (κ3) is 4.23. The number of methoxy groups -OCH3 is 1. The minimum Gasteiger partial charge on any atom is -0.382 e. The van der Waals surface area contributed by atoms with Gasteiger partial charge in [0, 0.05) is 20.3 Å². The van der Waals surface area contributed by atoms with Crippen molar-refractivity contribution in [3.63, 3.8) is 0 Å². The fourth-order valence-corrected chi connectivity index (χ4v) is 2.15. The van der Waals surface area contributed by atoms with Crippen LogP contribution >= 0.6 is 0 Å². The highest BCUT2D eigenvalue weighted by molar-refractivity contribution is 5.84. The zero-order valence-electron chi connectivity index (χ0n) is 11.9. The molecule has 1 fully saturated rings. The molecule has 0 saturated carbocycles. The maximum atomic E-state index is 12.1. The Labute approximate surface area is 110 Å². The SMILES string of the molecule is COCCOCCCN1C(=O)C(C(C)C)NC1C. The van der Waals surface area contributed by atoms with Crippen molar-refractivity contribution in [3.05, 3.63) is 0 Å². The second-order valence-electron chi connectivity index (χ2n) is 5.05. The maximum absolute atomic E-state index is 12.1. The minimum atomic E-state index is -0.0330. The van der Waals surface area contributed by atoms with Gasteiger partial charge in [-0.3, -0.25) is 10.1 Å². The Morgan fingerprint density at radius 2 is 2.06 bits per heavy atom. The summed E-state index contributed by atoms with van der Waals surface area (Å²) >= 11 is 0. The van der Waals surface area contributed by atoms with Crippen LogP contribution in [-0.4, -0.2) is 56.5 Å². The van der Waals surface area contributed by atoms with Gasteiger partial charge in [-0.2, -0.15) is 0 Å². The molecule has 0 aromatic heterocycles. The Balaban J connectivity index is 2.23. The highest BCUT2D eigenvalue weighted by Gasteiger charge is 2.37. The summed E-state index contributed by atoms with van der Waals surface area (Å²) in [6, 6.07) is -0.0330. The first-order valence-electron chi connectivity index (χ1n) is 6.71. The van der Waals surface area contributed by atoms with Crippen LogP contribution in [0.15, 0.2) is 0 Å². The van der Waals surface area contributed by atoms with Crippen LogP contribution in [0.1, 0.15) is 27.2 Å². The van der Waals surface area contributed by atoms with Crippen molar-refractivity contribution >= 4 is 5.91 Å². The van der Waals surface area contributed by atoms with E-state index in [0.29, 0.717) is 25.7 Å². The normalized spacial score (nSPS) is 24.3. The highest BCUT2D eigenvalue weighted by Crippen LogP contribution is 2.16. The van der Waals surface area contributed by atoms with Crippen LogP contribution in [0.5, 0.6) is 0 Å². The third-order valence-corrected chi connectivity index (χ3v) is 3.22. The molecule has 106 valence electrons. The quantitative estimate of drug-likeness (QED) is 0.656. The zero-order chi connectivity index (χ0) is 13.5. The van der Waals surface area contributed by atoms with Crippen LogP contribution in [0.2, 0.25) is 0 Å². The van der Waals surface area contributed by atoms with Crippen molar-refractivity contribution in [1.29, 1.82) is 0 Å². The number of carbonyl (C=O) groups is 1. The molecule has 1 aliphatic rings. The lowest BCUT2D eigenvalue weighted by atomic mass is 10.1. The van der Waals surface area contributed by atoms with Crippen LogP contribution in [0.25, 0.3) is 0 Å². The van der Waals surface area contributed by atoms with E-state index in [1.165, 1.54) is 0 Å². The number of hydrogen-bond acceptors (Lipinski definition) is 4. The van der Waals surface area contributed by atoms with Crippen LogP contribution in [-0.2, 0) is 14.3 Å². The molecule has 1 heterocycles. The topological polar surface area (TPSA) is 50.8 Å². The van der Waals surface area contributed by atoms with Crippen molar-refractivity contribution in [2.45, 2.75) is 39.4 Å². The first-order chi connectivity index (χ1) is 8.57.